The van der Waals surface area contributed by atoms with E-state index in [2.05, 4.69) is 349 Å². The van der Waals surface area contributed by atoms with Crippen LogP contribution in [0.5, 0.6) is 0 Å². The second-order valence-corrected chi connectivity index (χ2v) is 21.6. The van der Waals surface area contributed by atoms with Crippen LogP contribution in [0.2, 0.25) is 0 Å². The Morgan fingerprint density at radius 3 is 0.595 bits per heavy atom. The summed E-state index contributed by atoms with van der Waals surface area (Å²) in [5.41, 5.74) is 25.1. The van der Waals surface area contributed by atoms with Crippen molar-refractivity contribution in [2.24, 2.45) is 0 Å². The zero-order valence-corrected chi connectivity index (χ0v) is 46.2. The quantitative estimate of drug-likeness (QED) is 0.108. The molecule has 0 N–H and O–H groups in total. The number of rotatable bonds is 12. The van der Waals surface area contributed by atoms with E-state index in [-0.39, 0.29) is 0 Å². The van der Waals surface area contributed by atoms with E-state index in [0.29, 0.717) is 0 Å². The zero-order chi connectivity index (χ0) is 55.8. The van der Waals surface area contributed by atoms with E-state index in [1.807, 2.05) is 0 Å². The first kappa shape index (κ1) is 49.9. The molecule has 0 unspecified atom stereocenters. The minimum Gasteiger partial charge on any atom is -0.309 e. The van der Waals surface area contributed by atoms with Crippen LogP contribution >= 0.6 is 0 Å². The van der Waals surface area contributed by atoms with Gasteiger partial charge < -0.3 is 9.13 Å². The highest BCUT2D eigenvalue weighted by atomic mass is 15.0. The molecule has 2 nitrogen and oxygen atoms in total. The molecule has 0 aliphatic carbocycles. The summed E-state index contributed by atoms with van der Waals surface area (Å²) in [5, 5.41) is 4.62. The summed E-state index contributed by atoms with van der Waals surface area (Å²) in [5.74, 6) is 0. The topological polar surface area (TPSA) is 9.86 Å². The number of aromatic nitrogens is 2. The fourth-order valence-corrected chi connectivity index (χ4v) is 12.6. The molecule has 394 valence electrons. The van der Waals surface area contributed by atoms with Gasteiger partial charge in [-0.25, -0.2) is 0 Å². The first-order valence-corrected chi connectivity index (χ1v) is 28.9. The predicted octanol–water partition coefficient (Wildman–Crippen LogP) is 22.2. The second kappa shape index (κ2) is 21.8. The lowest BCUT2D eigenvalue weighted by Crippen LogP contribution is -2.02. The Kier molecular flexibility index (Phi) is 12.9. The Labute approximate surface area is 490 Å². The van der Waals surface area contributed by atoms with Crippen molar-refractivity contribution in [2.75, 3.05) is 0 Å². The van der Waals surface area contributed by atoms with Gasteiger partial charge in [-0.1, -0.05) is 255 Å². The monoisotopic (exact) mass is 1070 g/mol. The largest absolute Gasteiger partial charge is 0.309 e. The van der Waals surface area contributed by atoms with Crippen LogP contribution < -0.4 is 0 Å². The highest BCUT2D eigenvalue weighted by Crippen LogP contribution is 2.49. The normalized spacial score (nSPS) is 11.3. The van der Waals surface area contributed by atoms with E-state index < -0.39 is 0 Å². The van der Waals surface area contributed by atoms with Crippen LogP contribution in [-0.2, 0) is 0 Å². The highest BCUT2D eigenvalue weighted by Gasteiger charge is 2.24. The van der Waals surface area contributed by atoms with Gasteiger partial charge in [0.05, 0.1) is 22.8 Å². The highest BCUT2D eigenvalue weighted by molar-refractivity contribution is 6.23. The molecule has 0 saturated heterocycles. The molecule has 2 heteroatoms. The fourth-order valence-electron chi connectivity index (χ4n) is 12.6. The molecule has 0 amide bonds. The van der Waals surface area contributed by atoms with Crippen molar-refractivity contribution in [3.05, 3.63) is 340 Å². The molecule has 2 heterocycles. The van der Waals surface area contributed by atoms with Gasteiger partial charge in [-0.15, -0.1) is 0 Å². The van der Waals surface area contributed by atoms with Gasteiger partial charge in [0.25, 0.3) is 0 Å². The van der Waals surface area contributed by atoms with Crippen LogP contribution in [0.25, 0.3) is 145 Å². The molecule has 15 aromatic rings. The van der Waals surface area contributed by atoms with Crippen molar-refractivity contribution in [1.82, 2.24) is 9.13 Å². The summed E-state index contributed by atoms with van der Waals surface area (Å²) in [6.07, 6.45) is 0. The summed E-state index contributed by atoms with van der Waals surface area (Å²) >= 11 is 0. The van der Waals surface area contributed by atoms with E-state index in [1.54, 1.807) is 0 Å². The SMILES string of the molecule is c1ccc(-c2cc(-c3ccccc3)cc(-c3c4ccc(-n5c(-c6ccccc6)ccc5-c5ccccc5)cc4c(-c4cc(-c5ccccc5)cc(-c5ccccc5)c4)c4ccc(-n5c(-c6ccccc6)ccc5-c5ccccc5)cc34)c2)cc1. The average molecular weight is 1070 g/mol. The number of fused-ring (bicyclic) bond motifs is 2. The van der Waals surface area contributed by atoms with Crippen molar-refractivity contribution >= 4 is 21.5 Å². The lowest BCUT2D eigenvalue weighted by atomic mass is 9.83. The van der Waals surface area contributed by atoms with E-state index >= 15 is 0 Å². The van der Waals surface area contributed by atoms with Crippen LogP contribution in [0.3, 0.4) is 0 Å². The van der Waals surface area contributed by atoms with Gasteiger partial charge in [-0.2, -0.15) is 0 Å². The van der Waals surface area contributed by atoms with Crippen molar-refractivity contribution in [3.63, 3.8) is 0 Å². The Morgan fingerprint density at radius 2 is 0.357 bits per heavy atom. The molecule has 13 aromatic carbocycles. The van der Waals surface area contributed by atoms with Crippen LogP contribution in [-0.4, -0.2) is 9.13 Å². The molecule has 0 bridgehead atoms. The number of benzene rings is 13. The minimum absolute atomic E-state index is 1.08. The standard InChI is InChI=1S/C82H56N2/c1-9-25-57(26-10-1)65-49-66(58-27-11-2-12-28-58)52-69(51-65)81-73-43-41-72(84-79(63-37-21-7-22-38-63)47-48-80(84)64-39-23-8-24-40-64)56-76(73)82(70-53-67(59-29-13-3-14-30-59)50-68(54-70)60-31-15-4-16-32-60)74-44-42-71(55-75(74)81)83-77(61-33-17-5-18-34-61)45-46-78(83)62-35-19-6-20-36-62/h1-56H. The number of hydrogen-bond donors (Lipinski definition) is 0. The van der Waals surface area contributed by atoms with Crippen molar-refractivity contribution in [3.8, 4) is 123 Å². The predicted molar refractivity (Wildman–Crippen MR) is 354 cm³/mol. The van der Waals surface area contributed by atoms with Gasteiger partial charge in [0, 0.05) is 11.4 Å². The Bertz CT molecular complexity index is 4280. The first-order valence-electron chi connectivity index (χ1n) is 28.9. The van der Waals surface area contributed by atoms with Gasteiger partial charge in [-0.05, 0) is 195 Å². The van der Waals surface area contributed by atoms with E-state index in [1.165, 1.54) is 11.1 Å². The molecule has 0 fully saturated rings. The van der Waals surface area contributed by atoms with Crippen LogP contribution in [0.1, 0.15) is 0 Å². The molecule has 0 spiro atoms. The third-order valence-electron chi connectivity index (χ3n) is 16.5. The third-order valence-corrected chi connectivity index (χ3v) is 16.5. The summed E-state index contributed by atoms with van der Waals surface area (Å²) in [6.45, 7) is 0. The van der Waals surface area contributed by atoms with Crippen molar-refractivity contribution < 1.29 is 0 Å². The molecule has 0 saturated carbocycles. The Morgan fingerprint density at radius 1 is 0.143 bits per heavy atom. The van der Waals surface area contributed by atoms with Crippen molar-refractivity contribution in [2.45, 2.75) is 0 Å². The summed E-state index contributed by atoms with van der Waals surface area (Å²) < 4.78 is 4.92. The summed E-state index contributed by atoms with van der Waals surface area (Å²) in [6, 6.07) is 125. The van der Waals surface area contributed by atoms with Crippen molar-refractivity contribution in [1.29, 1.82) is 0 Å². The zero-order valence-electron chi connectivity index (χ0n) is 46.2. The molecular weight excluding hydrogens is 1010 g/mol. The lowest BCUT2D eigenvalue weighted by Gasteiger charge is -2.23. The second-order valence-electron chi connectivity index (χ2n) is 21.6. The maximum Gasteiger partial charge on any atom is 0.0535 e. The third kappa shape index (κ3) is 9.32. The number of nitrogens with zero attached hydrogens (tertiary/aromatic N) is 2. The molecular formula is C82H56N2. The van der Waals surface area contributed by atoms with Crippen LogP contribution in [0.4, 0.5) is 0 Å². The Hall–Kier alpha value is -11.1. The minimum atomic E-state index is 1.08. The molecule has 2 aromatic heterocycles. The maximum absolute atomic E-state index is 2.48. The van der Waals surface area contributed by atoms with Gasteiger partial charge in [0.2, 0.25) is 0 Å². The van der Waals surface area contributed by atoms with E-state index in [0.717, 1.165) is 134 Å². The molecule has 15 rings (SSSR count). The van der Waals surface area contributed by atoms with Crippen LogP contribution in [0.15, 0.2) is 340 Å². The van der Waals surface area contributed by atoms with E-state index in [4.69, 9.17) is 0 Å². The van der Waals surface area contributed by atoms with Gasteiger partial charge >= 0.3 is 0 Å². The first-order chi connectivity index (χ1) is 41.7. The van der Waals surface area contributed by atoms with Crippen LogP contribution in [0, 0.1) is 0 Å². The smallest absolute Gasteiger partial charge is 0.0535 e. The Balaban J connectivity index is 1.11. The molecule has 0 atom stereocenters. The molecule has 0 aliphatic rings. The molecule has 84 heavy (non-hydrogen) atoms. The van der Waals surface area contributed by atoms with Gasteiger partial charge in [0.15, 0.2) is 0 Å². The number of hydrogen-bond acceptors (Lipinski definition) is 0. The summed E-state index contributed by atoms with van der Waals surface area (Å²) in [7, 11) is 0. The fraction of sp³-hybridized carbons (Fsp3) is 0. The van der Waals surface area contributed by atoms with Gasteiger partial charge in [-0.3, -0.25) is 0 Å². The molecule has 0 aliphatic heterocycles. The van der Waals surface area contributed by atoms with E-state index in [9.17, 15) is 0 Å². The summed E-state index contributed by atoms with van der Waals surface area (Å²) in [4.78, 5) is 0. The lowest BCUT2D eigenvalue weighted by molar-refractivity contribution is 1.10. The molecule has 0 radical (unpaired) electrons. The average Bonchev–Trinajstić information content (AvgIpc) is 2.30. The maximum atomic E-state index is 2.48. The van der Waals surface area contributed by atoms with Gasteiger partial charge in [0.1, 0.15) is 0 Å².